The molecule has 1 aliphatic rings. The zero-order valence-electron chi connectivity index (χ0n) is 17.7. The molecule has 0 aromatic heterocycles. The highest BCUT2D eigenvalue weighted by Crippen LogP contribution is 2.39. The van der Waals surface area contributed by atoms with Crippen LogP contribution in [0.3, 0.4) is 0 Å². The Labute approximate surface area is 182 Å². The third kappa shape index (κ3) is 6.31. The number of hydrogen-bond donors (Lipinski definition) is 1. The van der Waals surface area contributed by atoms with Crippen LogP contribution in [0.25, 0.3) is 0 Å². The number of morpholine rings is 1. The smallest absolute Gasteiger partial charge is 0.225 e. The monoisotopic (exact) mass is 430 g/mol. The lowest BCUT2D eigenvalue weighted by molar-refractivity contribution is -0.115. The van der Waals surface area contributed by atoms with E-state index in [2.05, 4.69) is 22.3 Å². The number of anilines is 2. The SMILES string of the molecule is CCOc1cc(N2CCOCC2)c(OCC)cc1NC(=O)CCSc1ccccc1. The molecule has 1 saturated heterocycles. The molecule has 0 aliphatic carbocycles. The fourth-order valence-electron chi connectivity index (χ4n) is 3.24. The Morgan fingerprint density at radius 1 is 1.07 bits per heavy atom. The Bertz CT molecular complexity index is 810. The molecule has 0 saturated carbocycles. The number of ether oxygens (including phenoxy) is 3. The van der Waals surface area contributed by atoms with Gasteiger partial charge in [0, 0.05) is 42.3 Å². The minimum Gasteiger partial charge on any atom is -0.492 e. The van der Waals surface area contributed by atoms with Gasteiger partial charge in [0.2, 0.25) is 5.91 Å². The molecular weight excluding hydrogens is 400 g/mol. The van der Waals surface area contributed by atoms with Gasteiger partial charge in [-0.3, -0.25) is 4.79 Å². The maximum atomic E-state index is 12.6. The average molecular weight is 431 g/mol. The van der Waals surface area contributed by atoms with Crippen molar-refractivity contribution in [1.29, 1.82) is 0 Å². The zero-order chi connectivity index (χ0) is 21.2. The summed E-state index contributed by atoms with van der Waals surface area (Å²) in [5.41, 5.74) is 1.62. The number of nitrogens with one attached hydrogen (secondary N) is 1. The van der Waals surface area contributed by atoms with Gasteiger partial charge in [0.05, 0.1) is 37.8 Å². The number of carbonyl (C=O) groups is 1. The van der Waals surface area contributed by atoms with Crippen LogP contribution >= 0.6 is 11.8 Å². The topological polar surface area (TPSA) is 60.0 Å². The Balaban J connectivity index is 1.71. The van der Waals surface area contributed by atoms with E-state index in [-0.39, 0.29) is 5.91 Å². The van der Waals surface area contributed by atoms with Crippen molar-refractivity contribution >= 4 is 29.0 Å². The van der Waals surface area contributed by atoms with Crippen LogP contribution in [-0.4, -0.2) is 51.2 Å². The lowest BCUT2D eigenvalue weighted by atomic mass is 10.2. The minimum absolute atomic E-state index is 0.0408. The van der Waals surface area contributed by atoms with Gasteiger partial charge in [-0.1, -0.05) is 18.2 Å². The van der Waals surface area contributed by atoms with Crippen LogP contribution in [0.4, 0.5) is 11.4 Å². The zero-order valence-corrected chi connectivity index (χ0v) is 18.5. The first-order chi connectivity index (χ1) is 14.7. The van der Waals surface area contributed by atoms with Crippen molar-refractivity contribution < 1.29 is 19.0 Å². The molecule has 0 radical (unpaired) electrons. The summed E-state index contributed by atoms with van der Waals surface area (Å²) >= 11 is 1.67. The van der Waals surface area contributed by atoms with Crippen LogP contribution in [0.2, 0.25) is 0 Å². The molecule has 7 heteroatoms. The summed E-state index contributed by atoms with van der Waals surface area (Å²) in [6, 6.07) is 13.9. The van der Waals surface area contributed by atoms with E-state index < -0.39 is 0 Å². The van der Waals surface area contributed by atoms with Gasteiger partial charge in [0.25, 0.3) is 0 Å². The van der Waals surface area contributed by atoms with Crippen molar-refractivity contribution in [1.82, 2.24) is 0 Å². The molecule has 1 aliphatic heterocycles. The van der Waals surface area contributed by atoms with Crippen LogP contribution < -0.4 is 19.7 Å². The van der Waals surface area contributed by atoms with Crippen LogP contribution in [0, 0.1) is 0 Å². The van der Waals surface area contributed by atoms with Gasteiger partial charge in [0.15, 0.2) is 0 Å². The molecule has 2 aromatic rings. The maximum absolute atomic E-state index is 12.6. The fourth-order valence-corrected chi connectivity index (χ4v) is 4.11. The molecule has 162 valence electrons. The number of thioether (sulfide) groups is 1. The van der Waals surface area contributed by atoms with Crippen LogP contribution in [0.15, 0.2) is 47.4 Å². The van der Waals surface area contributed by atoms with E-state index in [0.717, 1.165) is 29.4 Å². The van der Waals surface area contributed by atoms with Gasteiger partial charge in [0.1, 0.15) is 11.5 Å². The van der Waals surface area contributed by atoms with Gasteiger partial charge in [-0.15, -0.1) is 11.8 Å². The molecule has 1 amide bonds. The van der Waals surface area contributed by atoms with Gasteiger partial charge >= 0.3 is 0 Å². The summed E-state index contributed by atoms with van der Waals surface area (Å²) in [5.74, 6) is 2.08. The van der Waals surface area contributed by atoms with Crippen molar-refractivity contribution in [2.24, 2.45) is 0 Å². The first kappa shape index (κ1) is 22.3. The summed E-state index contributed by atoms with van der Waals surface area (Å²) in [4.78, 5) is 16.0. The van der Waals surface area contributed by atoms with E-state index in [1.807, 2.05) is 44.2 Å². The molecule has 1 N–H and O–H groups in total. The minimum atomic E-state index is -0.0408. The average Bonchev–Trinajstić information content (AvgIpc) is 2.77. The Kier molecular flexibility index (Phi) is 8.71. The molecule has 0 unspecified atom stereocenters. The van der Waals surface area contributed by atoms with Crippen LogP contribution in [0.1, 0.15) is 20.3 Å². The Morgan fingerprint density at radius 2 is 1.77 bits per heavy atom. The molecular formula is C23H30N2O4S. The van der Waals surface area contributed by atoms with Crippen LogP contribution in [-0.2, 0) is 9.53 Å². The van der Waals surface area contributed by atoms with E-state index in [1.165, 1.54) is 0 Å². The lowest BCUT2D eigenvalue weighted by Crippen LogP contribution is -2.36. The molecule has 0 spiro atoms. The standard InChI is InChI=1S/C23H30N2O4S/c1-3-28-21-17-20(25-11-13-27-14-12-25)22(29-4-2)16-19(21)24-23(26)10-15-30-18-8-6-5-7-9-18/h5-9,16-17H,3-4,10-15H2,1-2H3,(H,24,26). The quantitative estimate of drug-likeness (QED) is 0.562. The summed E-state index contributed by atoms with van der Waals surface area (Å²) in [5, 5.41) is 3.01. The Hall–Kier alpha value is -2.38. The first-order valence-electron chi connectivity index (χ1n) is 10.4. The van der Waals surface area contributed by atoms with E-state index in [1.54, 1.807) is 11.8 Å². The van der Waals surface area contributed by atoms with Crippen molar-refractivity contribution in [2.75, 3.05) is 55.5 Å². The molecule has 2 aromatic carbocycles. The van der Waals surface area contributed by atoms with Gasteiger partial charge < -0.3 is 24.4 Å². The van der Waals surface area contributed by atoms with Gasteiger partial charge in [-0.2, -0.15) is 0 Å². The second kappa shape index (κ2) is 11.7. The molecule has 1 fully saturated rings. The van der Waals surface area contributed by atoms with E-state index in [4.69, 9.17) is 14.2 Å². The van der Waals surface area contributed by atoms with Gasteiger partial charge in [-0.05, 0) is 26.0 Å². The second-order valence-corrected chi connectivity index (χ2v) is 7.91. The van der Waals surface area contributed by atoms with Crippen molar-refractivity contribution in [2.45, 2.75) is 25.2 Å². The number of rotatable bonds is 10. The van der Waals surface area contributed by atoms with Crippen LogP contribution in [0.5, 0.6) is 11.5 Å². The molecule has 0 bridgehead atoms. The molecule has 30 heavy (non-hydrogen) atoms. The summed E-state index contributed by atoms with van der Waals surface area (Å²) in [6.45, 7) is 7.93. The third-order valence-corrected chi connectivity index (χ3v) is 5.64. The van der Waals surface area contributed by atoms with Crippen molar-refractivity contribution in [3.05, 3.63) is 42.5 Å². The molecule has 1 heterocycles. The van der Waals surface area contributed by atoms with E-state index >= 15 is 0 Å². The highest BCUT2D eigenvalue weighted by molar-refractivity contribution is 7.99. The summed E-state index contributed by atoms with van der Waals surface area (Å²) < 4.78 is 17.2. The number of benzene rings is 2. The number of carbonyl (C=O) groups excluding carboxylic acids is 1. The lowest BCUT2D eigenvalue weighted by Gasteiger charge is -2.31. The largest absolute Gasteiger partial charge is 0.492 e. The highest BCUT2D eigenvalue weighted by atomic mass is 32.2. The molecule has 0 atom stereocenters. The van der Waals surface area contributed by atoms with Crippen molar-refractivity contribution in [3.8, 4) is 11.5 Å². The predicted molar refractivity (Wildman–Crippen MR) is 122 cm³/mol. The van der Waals surface area contributed by atoms with Crippen molar-refractivity contribution in [3.63, 3.8) is 0 Å². The van der Waals surface area contributed by atoms with E-state index in [9.17, 15) is 4.79 Å². The molecule has 6 nitrogen and oxygen atoms in total. The highest BCUT2D eigenvalue weighted by Gasteiger charge is 2.20. The summed E-state index contributed by atoms with van der Waals surface area (Å²) in [7, 11) is 0. The first-order valence-corrected chi connectivity index (χ1v) is 11.4. The number of nitrogens with zero attached hydrogens (tertiary/aromatic N) is 1. The maximum Gasteiger partial charge on any atom is 0.225 e. The Morgan fingerprint density at radius 3 is 2.47 bits per heavy atom. The normalized spacial score (nSPS) is 13.7. The predicted octanol–water partition coefficient (Wildman–Crippen LogP) is 4.44. The third-order valence-electron chi connectivity index (χ3n) is 4.63. The van der Waals surface area contributed by atoms with E-state index in [0.29, 0.717) is 50.0 Å². The second-order valence-electron chi connectivity index (χ2n) is 6.74. The molecule has 3 rings (SSSR count). The number of hydrogen-bond acceptors (Lipinski definition) is 6. The fraction of sp³-hybridized carbons (Fsp3) is 0.435. The summed E-state index contributed by atoms with van der Waals surface area (Å²) in [6.07, 6.45) is 0.417. The van der Waals surface area contributed by atoms with Gasteiger partial charge in [-0.25, -0.2) is 0 Å². The number of amides is 1.